The lowest BCUT2D eigenvalue weighted by Gasteiger charge is -2.17. The Kier molecular flexibility index (Phi) is 8.36. The summed E-state index contributed by atoms with van der Waals surface area (Å²) in [6, 6.07) is 5.58. The van der Waals surface area contributed by atoms with E-state index in [0.29, 0.717) is 18.5 Å². The molecule has 6 heteroatoms. The molecule has 0 saturated carbocycles. The number of nitrogens with zero attached hydrogens (tertiary/aromatic N) is 1. The van der Waals surface area contributed by atoms with E-state index in [1.807, 2.05) is 18.2 Å². The molecule has 0 bridgehead atoms. The minimum absolute atomic E-state index is 0.0631. The van der Waals surface area contributed by atoms with Gasteiger partial charge in [-0.1, -0.05) is 39.5 Å². The van der Waals surface area contributed by atoms with Crippen molar-refractivity contribution in [3.63, 3.8) is 0 Å². The molecule has 0 aliphatic carbocycles. The van der Waals surface area contributed by atoms with Crippen molar-refractivity contribution in [1.82, 2.24) is 4.57 Å². The van der Waals surface area contributed by atoms with Crippen molar-refractivity contribution in [2.24, 2.45) is 0 Å². The first-order valence-corrected chi connectivity index (χ1v) is 10.1. The number of aromatic nitrogens is 1. The molecular formula is C22H31NO5. The molecular weight excluding hydrogens is 358 g/mol. The monoisotopic (exact) mass is 389 g/mol. The predicted molar refractivity (Wildman–Crippen MR) is 111 cm³/mol. The van der Waals surface area contributed by atoms with Gasteiger partial charge in [0.2, 0.25) is 5.75 Å². The normalized spacial score (nSPS) is 10.9. The van der Waals surface area contributed by atoms with E-state index in [1.54, 1.807) is 4.57 Å². The highest BCUT2D eigenvalue weighted by Crippen LogP contribution is 2.34. The zero-order valence-electron chi connectivity index (χ0n) is 17.4. The molecule has 0 fully saturated rings. The largest absolute Gasteiger partial charge is 0.494 e. The highest BCUT2D eigenvalue weighted by molar-refractivity contribution is 5.90. The molecule has 0 spiro atoms. The Balaban J connectivity index is 2.48. The van der Waals surface area contributed by atoms with Crippen molar-refractivity contribution in [3.05, 3.63) is 28.6 Å². The van der Waals surface area contributed by atoms with E-state index in [9.17, 15) is 9.59 Å². The summed E-state index contributed by atoms with van der Waals surface area (Å²) in [5, 5.41) is 0.716. The van der Waals surface area contributed by atoms with Gasteiger partial charge in [-0.15, -0.1) is 0 Å². The number of aryl methyl sites for hydroxylation is 1. The lowest BCUT2D eigenvalue weighted by atomic mass is 10.1. The number of methoxy groups -OCH3 is 1. The third-order valence-corrected chi connectivity index (χ3v) is 4.60. The second-order valence-corrected chi connectivity index (χ2v) is 6.85. The maximum absolute atomic E-state index is 13.0. The van der Waals surface area contributed by atoms with Crippen molar-refractivity contribution in [2.45, 2.75) is 65.8 Å². The zero-order valence-corrected chi connectivity index (χ0v) is 17.4. The summed E-state index contributed by atoms with van der Waals surface area (Å²) in [5.74, 6) is 0.379. The van der Waals surface area contributed by atoms with E-state index in [-0.39, 0.29) is 17.1 Å². The molecule has 0 amide bonds. The van der Waals surface area contributed by atoms with Gasteiger partial charge in [0, 0.05) is 24.9 Å². The number of esters is 1. The van der Waals surface area contributed by atoms with E-state index < -0.39 is 5.97 Å². The van der Waals surface area contributed by atoms with Crippen LogP contribution in [0.3, 0.4) is 0 Å². The summed E-state index contributed by atoms with van der Waals surface area (Å²) in [5.41, 5.74) is 0.352. The van der Waals surface area contributed by atoms with Crippen molar-refractivity contribution >= 4 is 16.9 Å². The summed E-state index contributed by atoms with van der Waals surface area (Å²) in [6.45, 7) is 6.69. The summed E-state index contributed by atoms with van der Waals surface area (Å²) in [4.78, 5) is 24.5. The number of pyridine rings is 1. The number of carbonyl (C=O) groups is 1. The number of rotatable bonds is 11. The topological polar surface area (TPSA) is 66.8 Å². The SMILES string of the molecule is CCCCCCOc1ccc2c(OC)c(OC(C)=O)c(=O)n(CCCC)c2c1. The third kappa shape index (κ3) is 5.27. The fourth-order valence-electron chi connectivity index (χ4n) is 3.16. The van der Waals surface area contributed by atoms with Gasteiger partial charge < -0.3 is 18.8 Å². The highest BCUT2D eigenvalue weighted by Gasteiger charge is 2.20. The standard InChI is InChI=1S/C22H31NO5/c1-5-7-9-10-14-27-17-11-12-18-19(15-17)23(13-8-6-2)22(25)21(20(18)26-4)28-16(3)24/h11-12,15H,5-10,13-14H2,1-4H3. The van der Waals surface area contributed by atoms with Crippen LogP contribution in [0.15, 0.2) is 23.0 Å². The Labute approximate surface area is 166 Å². The molecule has 2 aromatic rings. The second kappa shape index (κ2) is 10.7. The van der Waals surface area contributed by atoms with Gasteiger partial charge >= 0.3 is 5.97 Å². The van der Waals surface area contributed by atoms with E-state index in [2.05, 4.69) is 13.8 Å². The molecule has 0 aliphatic heterocycles. The summed E-state index contributed by atoms with van der Waals surface area (Å²) >= 11 is 0. The molecule has 1 aromatic heterocycles. The number of unbranched alkanes of at least 4 members (excludes halogenated alkanes) is 4. The number of hydrogen-bond acceptors (Lipinski definition) is 5. The van der Waals surface area contributed by atoms with Crippen molar-refractivity contribution < 1.29 is 19.0 Å². The molecule has 28 heavy (non-hydrogen) atoms. The molecule has 1 aromatic carbocycles. The number of benzene rings is 1. The van der Waals surface area contributed by atoms with Gasteiger partial charge in [0.05, 0.1) is 19.2 Å². The minimum atomic E-state index is -0.552. The van der Waals surface area contributed by atoms with Gasteiger partial charge in [-0.25, -0.2) is 0 Å². The number of fused-ring (bicyclic) bond motifs is 1. The van der Waals surface area contributed by atoms with Gasteiger partial charge in [0.1, 0.15) is 5.75 Å². The Morgan fingerprint density at radius 3 is 2.43 bits per heavy atom. The predicted octanol–water partition coefficient (Wildman–Crippen LogP) is 4.69. The molecule has 2 rings (SSSR count). The zero-order chi connectivity index (χ0) is 20.5. The molecule has 0 saturated heterocycles. The van der Waals surface area contributed by atoms with E-state index in [1.165, 1.54) is 26.9 Å². The van der Waals surface area contributed by atoms with Crippen molar-refractivity contribution in [2.75, 3.05) is 13.7 Å². The quantitative estimate of drug-likeness (QED) is 0.412. The molecule has 1 heterocycles. The van der Waals surface area contributed by atoms with Crippen LogP contribution in [-0.2, 0) is 11.3 Å². The van der Waals surface area contributed by atoms with Crippen molar-refractivity contribution in [3.8, 4) is 17.2 Å². The van der Waals surface area contributed by atoms with Gasteiger partial charge in [0.25, 0.3) is 5.56 Å². The van der Waals surface area contributed by atoms with Crippen molar-refractivity contribution in [1.29, 1.82) is 0 Å². The van der Waals surface area contributed by atoms with Gasteiger partial charge in [0.15, 0.2) is 5.75 Å². The average Bonchev–Trinajstić information content (AvgIpc) is 2.68. The van der Waals surface area contributed by atoms with Crippen LogP contribution in [0.5, 0.6) is 17.2 Å². The van der Waals surface area contributed by atoms with E-state index in [0.717, 1.165) is 36.9 Å². The molecule has 0 atom stereocenters. The lowest BCUT2D eigenvalue weighted by Crippen LogP contribution is -2.24. The average molecular weight is 389 g/mol. The van der Waals surface area contributed by atoms with Gasteiger partial charge in [-0.05, 0) is 25.0 Å². The maximum atomic E-state index is 13.0. The van der Waals surface area contributed by atoms with Gasteiger partial charge in [-0.2, -0.15) is 0 Å². The first-order chi connectivity index (χ1) is 13.5. The Morgan fingerprint density at radius 2 is 1.79 bits per heavy atom. The van der Waals surface area contributed by atoms with Gasteiger partial charge in [-0.3, -0.25) is 9.59 Å². The Hall–Kier alpha value is -2.50. The second-order valence-electron chi connectivity index (χ2n) is 6.85. The van der Waals surface area contributed by atoms with Crippen LogP contribution in [0, 0.1) is 0 Å². The molecule has 154 valence electrons. The van der Waals surface area contributed by atoms with E-state index in [4.69, 9.17) is 14.2 Å². The first-order valence-electron chi connectivity index (χ1n) is 10.1. The van der Waals surface area contributed by atoms with Crippen LogP contribution in [0.25, 0.3) is 10.9 Å². The molecule has 0 radical (unpaired) electrons. The first kappa shape index (κ1) is 21.8. The smallest absolute Gasteiger partial charge is 0.308 e. The number of hydrogen-bond donors (Lipinski definition) is 0. The Bertz CT molecular complexity index is 856. The van der Waals surface area contributed by atoms with Crippen LogP contribution in [0.4, 0.5) is 0 Å². The van der Waals surface area contributed by atoms with Crippen LogP contribution in [0.2, 0.25) is 0 Å². The maximum Gasteiger partial charge on any atom is 0.308 e. The molecule has 0 unspecified atom stereocenters. The van der Waals surface area contributed by atoms with E-state index >= 15 is 0 Å². The summed E-state index contributed by atoms with van der Waals surface area (Å²) in [6.07, 6.45) is 6.31. The number of ether oxygens (including phenoxy) is 3. The number of carbonyl (C=O) groups excluding carboxylic acids is 1. The lowest BCUT2D eigenvalue weighted by molar-refractivity contribution is -0.132. The van der Waals surface area contributed by atoms with Crippen LogP contribution in [0.1, 0.15) is 59.3 Å². The minimum Gasteiger partial charge on any atom is -0.494 e. The molecule has 0 N–H and O–H groups in total. The highest BCUT2D eigenvalue weighted by atomic mass is 16.6. The van der Waals surface area contributed by atoms with Crippen LogP contribution < -0.4 is 19.8 Å². The van der Waals surface area contributed by atoms with Crippen LogP contribution >= 0.6 is 0 Å². The fourth-order valence-corrected chi connectivity index (χ4v) is 3.16. The summed E-state index contributed by atoms with van der Waals surface area (Å²) in [7, 11) is 1.47. The molecule has 6 nitrogen and oxygen atoms in total. The third-order valence-electron chi connectivity index (χ3n) is 4.60. The molecule has 0 aliphatic rings. The summed E-state index contributed by atoms with van der Waals surface area (Å²) < 4.78 is 18.2. The Morgan fingerprint density at radius 1 is 1.04 bits per heavy atom. The van der Waals surface area contributed by atoms with Crippen LogP contribution in [-0.4, -0.2) is 24.3 Å². The fraction of sp³-hybridized carbons (Fsp3) is 0.545.